The molecule has 3 aromatic carbocycles. The molecule has 3 aromatic rings. The molecular formula is C37H43NO2. The maximum absolute atomic E-state index is 12.8. The van der Waals surface area contributed by atoms with Crippen LogP contribution in [-0.4, -0.2) is 12.1 Å². The van der Waals surface area contributed by atoms with E-state index in [0.717, 1.165) is 37.2 Å². The summed E-state index contributed by atoms with van der Waals surface area (Å²) in [5.74, 6) is 1.89. The van der Waals surface area contributed by atoms with E-state index in [1.54, 1.807) is 0 Å². The molecule has 40 heavy (non-hydrogen) atoms. The predicted octanol–water partition coefficient (Wildman–Crippen LogP) is 9.96. The van der Waals surface area contributed by atoms with Gasteiger partial charge in [0.15, 0.2) is 0 Å². The fourth-order valence-corrected chi connectivity index (χ4v) is 6.78. The third-order valence-corrected chi connectivity index (χ3v) is 9.36. The summed E-state index contributed by atoms with van der Waals surface area (Å²) in [6, 6.07) is 27.0. The van der Waals surface area contributed by atoms with E-state index in [0.29, 0.717) is 23.0 Å². The standard InChI is InChI=1S/C37H43NO2/c1-2-3-4-5-27-6-10-29(11-7-27)31-14-16-32(17-15-31)33-18-20-35(21-19-33)37(39)40-36-24-22-34(23-25-36)30-12-8-28(26-38)9-13-30/h8-9,12-21,27,29,34,36H,2-7,10-11,22-25H2,1H3. The van der Waals surface area contributed by atoms with Crippen LogP contribution in [0, 0.1) is 17.2 Å². The molecule has 3 nitrogen and oxygen atoms in total. The lowest BCUT2D eigenvalue weighted by Gasteiger charge is -2.29. The van der Waals surface area contributed by atoms with E-state index in [1.165, 1.54) is 68.1 Å². The van der Waals surface area contributed by atoms with Crippen molar-refractivity contribution in [3.05, 3.63) is 95.1 Å². The number of carbonyl (C=O) groups excluding carboxylic acids is 1. The molecule has 2 aliphatic carbocycles. The topological polar surface area (TPSA) is 50.1 Å². The maximum atomic E-state index is 12.8. The summed E-state index contributed by atoms with van der Waals surface area (Å²) in [6.07, 6.45) is 14.7. The highest BCUT2D eigenvalue weighted by molar-refractivity contribution is 5.90. The Morgan fingerprint density at radius 1 is 0.725 bits per heavy atom. The molecule has 2 saturated carbocycles. The zero-order valence-electron chi connectivity index (χ0n) is 24.0. The van der Waals surface area contributed by atoms with E-state index in [1.807, 2.05) is 36.4 Å². The van der Waals surface area contributed by atoms with E-state index in [4.69, 9.17) is 10.00 Å². The van der Waals surface area contributed by atoms with Crippen LogP contribution in [0.2, 0.25) is 0 Å². The number of benzene rings is 3. The first-order valence-corrected chi connectivity index (χ1v) is 15.5. The van der Waals surface area contributed by atoms with Gasteiger partial charge in [0.2, 0.25) is 0 Å². The van der Waals surface area contributed by atoms with Gasteiger partial charge >= 0.3 is 5.97 Å². The molecule has 5 rings (SSSR count). The summed E-state index contributed by atoms with van der Waals surface area (Å²) in [5.41, 5.74) is 6.39. The summed E-state index contributed by atoms with van der Waals surface area (Å²) < 4.78 is 5.88. The Bertz CT molecular complexity index is 1250. The van der Waals surface area contributed by atoms with Crippen molar-refractivity contribution < 1.29 is 9.53 Å². The van der Waals surface area contributed by atoms with Crippen molar-refractivity contribution in [2.75, 3.05) is 0 Å². The summed E-state index contributed by atoms with van der Waals surface area (Å²) in [4.78, 5) is 12.8. The van der Waals surface area contributed by atoms with Gasteiger partial charge in [-0.1, -0.05) is 81.1 Å². The SMILES string of the molecule is CCCCCC1CCC(c2ccc(-c3ccc(C(=O)OC4CCC(c5ccc(C#N)cc5)CC4)cc3)cc2)CC1. The average Bonchev–Trinajstić information content (AvgIpc) is 3.02. The number of ether oxygens (including phenoxy) is 1. The third-order valence-electron chi connectivity index (χ3n) is 9.36. The largest absolute Gasteiger partial charge is 0.459 e. The van der Waals surface area contributed by atoms with Gasteiger partial charge < -0.3 is 4.74 Å². The van der Waals surface area contributed by atoms with E-state index in [2.05, 4.69) is 49.4 Å². The zero-order chi connectivity index (χ0) is 27.7. The summed E-state index contributed by atoms with van der Waals surface area (Å²) >= 11 is 0. The first kappa shape index (κ1) is 28.2. The second kappa shape index (κ2) is 13.8. The van der Waals surface area contributed by atoms with Crippen LogP contribution >= 0.6 is 0 Å². The van der Waals surface area contributed by atoms with E-state index >= 15 is 0 Å². The zero-order valence-corrected chi connectivity index (χ0v) is 24.0. The predicted molar refractivity (Wildman–Crippen MR) is 162 cm³/mol. The molecule has 208 valence electrons. The van der Waals surface area contributed by atoms with E-state index < -0.39 is 0 Å². The Hall–Kier alpha value is -3.38. The number of carbonyl (C=O) groups is 1. The van der Waals surface area contributed by atoms with Gasteiger partial charge in [0.1, 0.15) is 6.10 Å². The molecule has 0 N–H and O–H groups in total. The van der Waals surface area contributed by atoms with Crippen molar-refractivity contribution in [3.63, 3.8) is 0 Å². The van der Waals surface area contributed by atoms with Crippen molar-refractivity contribution in [1.82, 2.24) is 0 Å². The number of rotatable bonds is 9. The van der Waals surface area contributed by atoms with Crippen LogP contribution in [0.15, 0.2) is 72.8 Å². The van der Waals surface area contributed by atoms with Crippen LogP contribution in [-0.2, 0) is 4.74 Å². The molecular weight excluding hydrogens is 490 g/mol. The minimum atomic E-state index is -0.228. The van der Waals surface area contributed by atoms with Gasteiger partial charge in [0, 0.05) is 0 Å². The van der Waals surface area contributed by atoms with Crippen molar-refractivity contribution >= 4 is 5.97 Å². The fourth-order valence-electron chi connectivity index (χ4n) is 6.78. The normalized spacial score (nSPS) is 22.8. The third kappa shape index (κ3) is 7.22. The highest BCUT2D eigenvalue weighted by atomic mass is 16.5. The molecule has 3 heteroatoms. The molecule has 0 aliphatic heterocycles. The van der Waals surface area contributed by atoms with Crippen molar-refractivity contribution in [1.29, 1.82) is 5.26 Å². The van der Waals surface area contributed by atoms with Crippen molar-refractivity contribution in [2.24, 2.45) is 5.92 Å². The van der Waals surface area contributed by atoms with E-state index in [9.17, 15) is 4.79 Å². The summed E-state index contributed by atoms with van der Waals surface area (Å²) in [6.45, 7) is 2.29. The Morgan fingerprint density at radius 2 is 1.25 bits per heavy atom. The maximum Gasteiger partial charge on any atom is 0.338 e. The molecule has 2 fully saturated rings. The number of nitriles is 1. The van der Waals surface area contributed by atoms with Gasteiger partial charge in [0.25, 0.3) is 0 Å². The lowest BCUT2D eigenvalue weighted by molar-refractivity contribution is 0.0195. The highest BCUT2D eigenvalue weighted by Crippen LogP contribution is 2.38. The molecule has 0 atom stereocenters. The number of hydrogen-bond donors (Lipinski definition) is 0. The smallest absolute Gasteiger partial charge is 0.338 e. The first-order valence-electron chi connectivity index (χ1n) is 15.5. The molecule has 0 saturated heterocycles. The molecule has 2 aliphatic rings. The van der Waals surface area contributed by atoms with Gasteiger partial charge in [-0.15, -0.1) is 0 Å². The van der Waals surface area contributed by atoms with Crippen LogP contribution in [0.1, 0.15) is 123 Å². The molecule has 0 unspecified atom stereocenters. The molecule has 0 aromatic heterocycles. The fraction of sp³-hybridized carbons (Fsp3) is 0.459. The number of unbranched alkanes of at least 4 members (excludes halogenated alkanes) is 2. The summed E-state index contributed by atoms with van der Waals surface area (Å²) in [5, 5.41) is 9.01. The van der Waals surface area contributed by atoms with Crippen molar-refractivity contribution in [2.45, 2.75) is 102 Å². The Balaban J connectivity index is 1.09. The minimum Gasteiger partial charge on any atom is -0.459 e. The first-order chi connectivity index (χ1) is 19.6. The Labute approximate surface area is 240 Å². The Morgan fingerprint density at radius 3 is 1.80 bits per heavy atom. The molecule has 0 amide bonds. The summed E-state index contributed by atoms with van der Waals surface area (Å²) in [7, 11) is 0. The second-order valence-corrected chi connectivity index (χ2v) is 12.0. The molecule has 0 heterocycles. The highest BCUT2D eigenvalue weighted by Gasteiger charge is 2.26. The quantitative estimate of drug-likeness (QED) is 0.203. The van der Waals surface area contributed by atoms with Crippen LogP contribution in [0.3, 0.4) is 0 Å². The van der Waals surface area contributed by atoms with Crippen LogP contribution in [0.4, 0.5) is 0 Å². The van der Waals surface area contributed by atoms with Crippen LogP contribution < -0.4 is 0 Å². The molecule has 0 bridgehead atoms. The van der Waals surface area contributed by atoms with Gasteiger partial charge in [0.05, 0.1) is 17.2 Å². The average molecular weight is 534 g/mol. The lowest BCUT2D eigenvalue weighted by atomic mass is 9.77. The Kier molecular flexibility index (Phi) is 9.72. The molecule has 0 spiro atoms. The number of nitrogens with zero attached hydrogens (tertiary/aromatic N) is 1. The lowest BCUT2D eigenvalue weighted by Crippen LogP contribution is -2.24. The molecule has 0 radical (unpaired) electrons. The van der Waals surface area contributed by atoms with Gasteiger partial charge in [-0.2, -0.15) is 5.26 Å². The van der Waals surface area contributed by atoms with Gasteiger partial charge in [-0.3, -0.25) is 0 Å². The van der Waals surface area contributed by atoms with Gasteiger partial charge in [-0.25, -0.2) is 4.79 Å². The van der Waals surface area contributed by atoms with Crippen molar-refractivity contribution in [3.8, 4) is 17.2 Å². The van der Waals surface area contributed by atoms with E-state index in [-0.39, 0.29) is 12.1 Å². The minimum absolute atomic E-state index is 0.0271. The van der Waals surface area contributed by atoms with Gasteiger partial charge in [-0.05, 0) is 116 Å². The monoisotopic (exact) mass is 533 g/mol. The number of esters is 1. The number of hydrogen-bond acceptors (Lipinski definition) is 3. The second-order valence-electron chi connectivity index (χ2n) is 12.0. The van der Waals surface area contributed by atoms with Crippen LogP contribution in [0.5, 0.6) is 0 Å². The van der Waals surface area contributed by atoms with Crippen LogP contribution in [0.25, 0.3) is 11.1 Å².